The largest absolute Gasteiger partial charge is 0.372 e. The number of hydrogen-bond acceptors (Lipinski definition) is 3. The van der Waals surface area contributed by atoms with Crippen LogP contribution in [-0.4, -0.2) is 40.7 Å². The van der Waals surface area contributed by atoms with Crippen LogP contribution in [0.4, 0.5) is 5.69 Å². The number of piperidine rings is 1. The van der Waals surface area contributed by atoms with Crippen LogP contribution in [0.5, 0.6) is 0 Å². The molecule has 5 heteroatoms. The minimum atomic E-state index is -0.112. The molecule has 0 atom stereocenters. The van der Waals surface area contributed by atoms with E-state index in [1.54, 1.807) is 4.90 Å². The summed E-state index contributed by atoms with van der Waals surface area (Å²) in [5, 5.41) is 4.70. The van der Waals surface area contributed by atoms with Crippen LogP contribution in [0, 0.1) is 0 Å². The molecule has 2 aliphatic rings. The van der Waals surface area contributed by atoms with Crippen molar-refractivity contribution in [1.82, 2.24) is 14.7 Å². The smallest absolute Gasteiger partial charge is 0.274 e. The van der Waals surface area contributed by atoms with E-state index < -0.39 is 0 Å². The summed E-state index contributed by atoms with van der Waals surface area (Å²) < 4.78 is 2.05. The summed E-state index contributed by atoms with van der Waals surface area (Å²) in [5.41, 5.74) is 4.10. The van der Waals surface area contributed by atoms with Crippen molar-refractivity contribution < 1.29 is 4.79 Å². The summed E-state index contributed by atoms with van der Waals surface area (Å²) in [6.07, 6.45) is 6.31. The van der Waals surface area contributed by atoms with Crippen molar-refractivity contribution in [1.29, 1.82) is 0 Å². The van der Waals surface area contributed by atoms with Gasteiger partial charge in [0.1, 0.15) is 0 Å². The molecule has 1 aliphatic heterocycles. The quantitative estimate of drug-likeness (QED) is 0.733. The lowest BCUT2D eigenvalue weighted by atomic mass is 10.1. The fourth-order valence-electron chi connectivity index (χ4n) is 4.21. The molecule has 29 heavy (non-hydrogen) atoms. The van der Waals surface area contributed by atoms with Crippen LogP contribution in [0.25, 0.3) is 0 Å². The lowest BCUT2D eigenvalue weighted by molar-refractivity contribution is 0.0777. The van der Waals surface area contributed by atoms with Crippen LogP contribution in [0.15, 0.2) is 30.3 Å². The molecule has 1 saturated heterocycles. The lowest BCUT2D eigenvalue weighted by Gasteiger charge is -2.29. The number of nitrogens with zero attached hydrogens (tertiary/aromatic N) is 4. The molecule has 4 rings (SSSR count). The second-order valence-electron chi connectivity index (χ2n) is 9.69. The topological polar surface area (TPSA) is 41.4 Å². The van der Waals surface area contributed by atoms with Crippen LogP contribution >= 0.6 is 0 Å². The van der Waals surface area contributed by atoms with Crippen LogP contribution in [0.2, 0.25) is 0 Å². The Kier molecular flexibility index (Phi) is 5.41. The summed E-state index contributed by atoms with van der Waals surface area (Å²) >= 11 is 0. The van der Waals surface area contributed by atoms with E-state index in [1.807, 2.05) is 13.1 Å². The average molecular weight is 395 g/mol. The Hall–Kier alpha value is -2.30. The lowest BCUT2D eigenvalue weighted by Crippen LogP contribution is -2.29. The van der Waals surface area contributed by atoms with Crippen molar-refractivity contribution in [3.05, 3.63) is 47.3 Å². The number of benzene rings is 1. The van der Waals surface area contributed by atoms with Crippen molar-refractivity contribution in [3.63, 3.8) is 0 Å². The summed E-state index contributed by atoms with van der Waals surface area (Å²) in [6, 6.07) is 10.7. The highest BCUT2D eigenvalue weighted by Crippen LogP contribution is 2.41. The van der Waals surface area contributed by atoms with Crippen molar-refractivity contribution >= 4 is 11.6 Å². The zero-order valence-corrected chi connectivity index (χ0v) is 18.3. The van der Waals surface area contributed by atoms with Gasteiger partial charge in [-0.2, -0.15) is 5.10 Å². The first kappa shape index (κ1) is 20.0. The second kappa shape index (κ2) is 7.85. The SMILES string of the molecule is CN(Cc1ccc(N2CCCCC2)cc1)C(=O)c1cc(C2CC2)n(C(C)(C)C)n1. The molecule has 1 saturated carbocycles. The highest BCUT2D eigenvalue weighted by molar-refractivity contribution is 5.92. The van der Waals surface area contributed by atoms with Gasteiger partial charge >= 0.3 is 0 Å². The maximum absolute atomic E-state index is 13.0. The van der Waals surface area contributed by atoms with Gasteiger partial charge in [-0.05, 0) is 76.6 Å². The summed E-state index contributed by atoms with van der Waals surface area (Å²) in [5.74, 6) is 0.561. The van der Waals surface area contributed by atoms with E-state index in [-0.39, 0.29) is 11.4 Å². The zero-order chi connectivity index (χ0) is 20.6. The van der Waals surface area contributed by atoms with Gasteiger partial charge in [0, 0.05) is 44.0 Å². The molecule has 2 heterocycles. The number of carbonyl (C=O) groups excluding carboxylic acids is 1. The van der Waals surface area contributed by atoms with E-state index in [0.29, 0.717) is 18.2 Å². The highest BCUT2D eigenvalue weighted by atomic mass is 16.2. The molecule has 2 aromatic rings. The summed E-state index contributed by atoms with van der Waals surface area (Å²) in [4.78, 5) is 17.3. The predicted molar refractivity (Wildman–Crippen MR) is 118 cm³/mol. The third kappa shape index (κ3) is 4.49. The minimum absolute atomic E-state index is 0.00462. The monoisotopic (exact) mass is 394 g/mol. The molecule has 5 nitrogen and oxygen atoms in total. The Balaban J connectivity index is 1.44. The molecule has 0 spiro atoms. The molecular formula is C24H34N4O. The molecule has 0 unspecified atom stereocenters. The first-order valence-corrected chi connectivity index (χ1v) is 11.0. The standard InChI is InChI=1S/C24H34N4O/c1-24(2,3)28-22(19-10-11-19)16-21(25-28)23(29)26(4)17-18-8-12-20(13-9-18)27-14-6-5-7-15-27/h8-9,12-13,16,19H,5-7,10-11,14-15,17H2,1-4H3. The molecule has 1 aliphatic carbocycles. The zero-order valence-electron chi connectivity index (χ0n) is 18.3. The van der Waals surface area contributed by atoms with Crippen LogP contribution in [-0.2, 0) is 12.1 Å². The van der Waals surface area contributed by atoms with E-state index in [4.69, 9.17) is 5.10 Å². The molecule has 2 fully saturated rings. The van der Waals surface area contributed by atoms with E-state index in [2.05, 4.69) is 54.6 Å². The van der Waals surface area contributed by atoms with Gasteiger partial charge in [-0.3, -0.25) is 9.48 Å². The number of aromatic nitrogens is 2. The minimum Gasteiger partial charge on any atom is -0.372 e. The average Bonchev–Trinajstić information content (AvgIpc) is 3.45. The van der Waals surface area contributed by atoms with Gasteiger partial charge in [0.25, 0.3) is 5.91 Å². The molecule has 0 bridgehead atoms. The number of rotatable bonds is 5. The van der Waals surface area contributed by atoms with E-state index >= 15 is 0 Å². The number of anilines is 1. The third-order valence-corrected chi connectivity index (χ3v) is 6.01. The highest BCUT2D eigenvalue weighted by Gasteiger charge is 2.33. The molecule has 0 N–H and O–H groups in total. The molecule has 0 radical (unpaired) electrons. The van der Waals surface area contributed by atoms with Gasteiger partial charge in [0.15, 0.2) is 5.69 Å². The molecular weight excluding hydrogens is 360 g/mol. The van der Waals surface area contributed by atoms with Gasteiger partial charge in [0.2, 0.25) is 0 Å². The molecule has 1 amide bonds. The fraction of sp³-hybridized carbons (Fsp3) is 0.583. The first-order chi connectivity index (χ1) is 13.8. The molecule has 156 valence electrons. The van der Waals surface area contributed by atoms with Gasteiger partial charge < -0.3 is 9.80 Å². The summed E-state index contributed by atoms with van der Waals surface area (Å²) in [6.45, 7) is 9.34. The summed E-state index contributed by atoms with van der Waals surface area (Å²) in [7, 11) is 1.87. The van der Waals surface area contributed by atoms with Gasteiger partial charge in [-0.15, -0.1) is 0 Å². The Morgan fingerprint density at radius 3 is 2.34 bits per heavy atom. The number of hydrogen-bond donors (Lipinski definition) is 0. The Morgan fingerprint density at radius 1 is 1.10 bits per heavy atom. The van der Waals surface area contributed by atoms with E-state index in [9.17, 15) is 4.79 Å². The number of amides is 1. The molecule has 1 aromatic carbocycles. The van der Waals surface area contributed by atoms with Crippen molar-refractivity contribution in [2.45, 2.75) is 70.9 Å². The van der Waals surface area contributed by atoms with Gasteiger partial charge in [-0.1, -0.05) is 12.1 Å². The van der Waals surface area contributed by atoms with Crippen LogP contribution in [0.3, 0.4) is 0 Å². The normalized spacial score (nSPS) is 17.4. The Morgan fingerprint density at radius 2 is 1.76 bits per heavy atom. The predicted octanol–water partition coefficient (Wildman–Crippen LogP) is 4.78. The fourth-order valence-corrected chi connectivity index (χ4v) is 4.21. The maximum atomic E-state index is 13.0. The van der Waals surface area contributed by atoms with Gasteiger partial charge in [0.05, 0.1) is 5.54 Å². The van der Waals surface area contributed by atoms with Crippen LogP contribution in [0.1, 0.15) is 80.5 Å². The van der Waals surface area contributed by atoms with Gasteiger partial charge in [-0.25, -0.2) is 0 Å². The third-order valence-electron chi connectivity index (χ3n) is 6.01. The van der Waals surface area contributed by atoms with Crippen molar-refractivity contribution in [2.24, 2.45) is 0 Å². The first-order valence-electron chi connectivity index (χ1n) is 11.0. The number of carbonyl (C=O) groups is 1. The maximum Gasteiger partial charge on any atom is 0.274 e. The Labute approximate surface area is 174 Å². The molecule has 1 aromatic heterocycles. The van der Waals surface area contributed by atoms with E-state index in [1.165, 1.54) is 43.5 Å². The van der Waals surface area contributed by atoms with Crippen LogP contribution < -0.4 is 4.90 Å². The van der Waals surface area contributed by atoms with E-state index in [0.717, 1.165) is 18.7 Å². The van der Waals surface area contributed by atoms with Crippen molar-refractivity contribution in [2.75, 3.05) is 25.0 Å². The Bertz CT molecular complexity index is 852. The van der Waals surface area contributed by atoms with Crippen molar-refractivity contribution in [3.8, 4) is 0 Å². The second-order valence-corrected chi connectivity index (χ2v) is 9.69.